The van der Waals surface area contributed by atoms with E-state index in [2.05, 4.69) is 0 Å². The normalized spacial score (nSPS) is 14.8. The zero-order valence-corrected chi connectivity index (χ0v) is 15.1. The second-order valence-electron chi connectivity index (χ2n) is 4.43. The summed E-state index contributed by atoms with van der Waals surface area (Å²) in [5.74, 6) is -5.39. The molecule has 0 bridgehead atoms. The summed E-state index contributed by atoms with van der Waals surface area (Å²) in [7, 11) is 0.747. The molecule has 0 aliphatic carbocycles. The first-order valence-corrected chi connectivity index (χ1v) is 8.64. The number of hydrogen-bond acceptors (Lipinski definition) is 5. The van der Waals surface area contributed by atoms with Gasteiger partial charge in [0.1, 0.15) is 12.0 Å². The Hall–Kier alpha value is -0.963. The van der Waals surface area contributed by atoms with Crippen LogP contribution in [0.3, 0.4) is 0 Å². The molecule has 2 atom stereocenters. The lowest BCUT2D eigenvalue weighted by Gasteiger charge is -2.42. The Bertz CT molecular complexity index is 328. The van der Waals surface area contributed by atoms with E-state index >= 15 is 0 Å². The maximum absolute atomic E-state index is 11.6. The second-order valence-corrected chi connectivity index (χ2v) is 5.24. The Morgan fingerprint density at radius 2 is 1.62 bits per heavy atom. The van der Waals surface area contributed by atoms with E-state index in [-0.39, 0.29) is 13.2 Å². The van der Waals surface area contributed by atoms with Crippen LogP contribution in [-0.2, 0) is 23.8 Å². The lowest BCUT2D eigenvalue weighted by atomic mass is 9.90. The largest absolute Gasteiger partial charge is 0.481 e. The van der Waals surface area contributed by atoms with Crippen LogP contribution in [0.2, 0.25) is 6.04 Å². The molecule has 0 saturated heterocycles. The van der Waals surface area contributed by atoms with Gasteiger partial charge in [0, 0.05) is 30.1 Å². The number of rotatable bonds is 12. The van der Waals surface area contributed by atoms with Crippen molar-refractivity contribution in [1.82, 2.24) is 0 Å². The summed E-state index contributed by atoms with van der Waals surface area (Å²) in [4.78, 5) is 22.6. The highest BCUT2D eigenvalue weighted by molar-refractivity contribution is 6.09. The summed E-state index contributed by atoms with van der Waals surface area (Å²) < 4.78 is 16.9. The molecular formula is C13H26O7Si. The first-order valence-electron chi connectivity index (χ1n) is 7.23. The quantitative estimate of drug-likeness (QED) is 0.388. The molecule has 0 heterocycles. The van der Waals surface area contributed by atoms with Crippen LogP contribution >= 0.6 is 0 Å². The van der Waals surface area contributed by atoms with Crippen molar-refractivity contribution in [3.63, 3.8) is 0 Å². The Kier molecular flexibility index (Phi) is 9.43. The number of hydrogen-bond donors (Lipinski definition) is 2. The van der Waals surface area contributed by atoms with Gasteiger partial charge in [-0.25, -0.2) is 0 Å². The van der Waals surface area contributed by atoms with E-state index in [1.807, 2.05) is 0 Å². The molecule has 7 nitrogen and oxygen atoms in total. The molecule has 2 N–H and O–H groups in total. The summed E-state index contributed by atoms with van der Waals surface area (Å²) in [5, 5.41) is 18.5. The Labute approximate surface area is 128 Å². The van der Waals surface area contributed by atoms with Crippen molar-refractivity contribution in [2.75, 3.05) is 19.8 Å². The van der Waals surface area contributed by atoms with E-state index in [0.29, 0.717) is 12.7 Å². The summed E-state index contributed by atoms with van der Waals surface area (Å²) in [6.07, 6.45) is -1.19. The van der Waals surface area contributed by atoms with Crippen molar-refractivity contribution < 1.29 is 34.0 Å². The molecule has 0 aliphatic rings. The Morgan fingerprint density at radius 3 is 1.90 bits per heavy atom. The molecule has 0 spiro atoms. The van der Waals surface area contributed by atoms with Gasteiger partial charge in [-0.05, 0) is 26.8 Å². The van der Waals surface area contributed by atoms with E-state index in [4.69, 9.17) is 19.3 Å². The van der Waals surface area contributed by atoms with E-state index in [1.54, 1.807) is 20.8 Å². The van der Waals surface area contributed by atoms with Gasteiger partial charge >= 0.3 is 11.9 Å². The molecule has 0 amide bonds. The van der Waals surface area contributed by atoms with Crippen LogP contribution in [0.15, 0.2) is 0 Å². The number of aliphatic carboxylic acids is 2. The van der Waals surface area contributed by atoms with Gasteiger partial charge in [-0.1, -0.05) is 0 Å². The topological polar surface area (TPSA) is 102 Å². The minimum Gasteiger partial charge on any atom is -0.481 e. The molecule has 124 valence electrons. The molecule has 0 fully saturated rings. The Morgan fingerprint density at radius 1 is 1.10 bits per heavy atom. The maximum Gasteiger partial charge on any atom is 0.312 e. The molecule has 21 heavy (non-hydrogen) atoms. The van der Waals surface area contributed by atoms with Crippen molar-refractivity contribution in [2.24, 2.45) is 5.92 Å². The van der Waals surface area contributed by atoms with Crippen LogP contribution in [0.25, 0.3) is 0 Å². The van der Waals surface area contributed by atoms with Crippen LogP contribution in [0, 0.1) is 5.92 Å². The van der Waals surface area contributed by atoms with E-state index < -0.39 is 36.2 Å². The van der Waals surface area contributed by atoms with Crippen LogP contribution in [-0.4, -0.2) is 64.1 Å². The molecule has 0 aromatic heterocycles. The minimum atomic E-state index is -1.58. The number of carbonyl (C=O) groups is 2. The van der Waals surface area contributed by atoms with Crippen LogP contribution in [0.1, 0.15) is 27.2 Å². The van der Waals surface area contributed by atoms with Crippen molar-refractivity contribution in [1.29, 1.82) is 0 Å². The highest BCUT2D eigenvalue weighted by Gasteiger charge is 2.52. The SMILES string of the molecule is CCOC(C[SiH3])C(OCC)(OCC)C(CC(=O)O)C(=O)O. The third-order valence-corrected chi connectivity index (χ3v) is 3.83. The predicted molar refractivity (Wildman–Crippen MR) is 79.5 cm³/mol. The molecule has 0 radical (unpaired) electrons. The van der Waals surface area contributed by atoms with Gasteiger partial charge in [0.05, 0.1) is 6.42 Å². The third kappa shape index (κ3) is 5.38. The molecule has 0 aromatic carbocycles. The molecular weight excluding hydrogens is 296 g/mol. The van der Waals surface area contributed by atoms with E-state index in [0.717, 1.165) is 10.2 Å². The second kappa shape index (κ2) is 9.88. The highest BCUT2D eigenvalue weighted by Crippen LogP contribution is 2.34. The lowest BCUT2D eigenvalue weighted by Crippen LogP contribution is -2.57. The van der Waals surface area contributed by atoms with Gasteiger partial charge in [0.15, 0.2) is 0 Å². The van der Waals surface area contributed by atoms with E-state index in [1.165, 1.54) is 0 Å². The first-order chi connectivity index (χ1) is 9.89. The fourth-order valence-electron chi connectivity index (χ4n) is 2.40. The van der Waals surface area contributed by atoms with Gasteiger partial charge in [0.25, 0.3) is 0 Å². The monoisotopic (exact) mass is 322 g/mol. The van der Waals surface area contributed by atoms with Gasteiger partial charge in [-0.3, -0.25) is 9.59 Å². The first kappa shape index (κ1) is 20.0. The van der Waals surface area contributed by atoms with Gasteiger partial charge in [0.2, 0.25) is 5.79 Å². The fourth-order valence-corrected chi connectivity index (χ4v) is 3.21. The van der Waals surface area contributed by atoms with Crippen molar-refractivity contribution in [3.05, 3.63) is 0 Å². The number of ether oxygens (including phenoxy) is 3. The van der Waals surface area contributed by atoms with Crippen LogP contribution < -0.4 is 0 Å². The van der Waals surface area contributed by atoms with E-state index in [9.17, 15) is 14.7 Å². The Balaban J connectivity index is 5.77. The van der Waals surface area contributed by atoms with Crippen molar-refractivity contribution in [2.45, 2.75) is 45.1 Å². The van der Waals surface area contributed by atoms with Crippen LogP contribution in [0.4, 0.5) is 0 Å². The zero-order valence-electron chi connectivity index (χ0n) is 13.1. The molecule has 0 aliphatic heterocycles. The average molecular weight is 322 g/mol. The fraction of sp³-hybridized carbons (Fsp3) is 0.846. The van der Waals surface area contributed by atoms with Crippen molar-refractivity contribution >= 4 is 22.2 Å². The summed E-state index contributed by atoms with van der Waals surface area (Å²) >= 11 is 0. The molecule has 2 unspecified atom stereocenters. The number of carboxylic acids is 2. The third-order valence-electron chi connectivity index (χ3n) is 3.09. The molecule has 0 rings (SSSR count). The standard InChI is InChI=1S/C13H26O7Si/c1-4-18-10(8-21)13(19-5-2,20-6-3)9(12(16)17)7-11(14)15/h9-10H,4-8H2,1-3,21H3,(H,14,15)(H,16,17). The zero-order chi connectivity index (χ0) is 16.5. The minimum absolute atomic E-state index is 0.203. The molecule has 8 heteroatoms. The van der Waals surface area contributed by atoms with Gasteiger partial charge in [-0.2, -0.15) is 0 Å². The average Bonchev–Trinajstić information content (AvgIpc) is 2.41. The maximum atomic E-state index is 11.6. The number of carboxylic acid groups (broad SMARTS) is 2. The van der Waals surface area contributed by atoms with Gasteiger partial charge in [-0.15, -0.1) is 0 Å². The lowest BCUT2D eigenvalue weighted by molar-refractivity contribution is -0.308. The summed E-state index contributed by atoms with van der Waals surface area (Å²) in [5.41, 5.74) is 0. The highest BCUT2D eigenvalue weighted by atomic mass is 28.1. The summed E-state index contributed by atoms with van der Waals surface area (Å²) in [6.45, 7) is 5.99. The summed E-state index contributed by atoms with van der Waals surface area (Å²) in [6, 6.07) is 0.581. The molecule has 0 aromatic rings. The van der Waals surface area contributed by atoms with Gasteiger partial charge < -0.3 is 24.4 Å². The smallest absolute Gasteiger partial charge is 0.312 e. The predicted octanol–water partition coefficient (Wildman–Crippen LogP) is 0.120. The van der Waals surface area contributed by atoms with Crippen LogP contribution in [0.5, 0.6) is 0 Å². The molecule has 0 saturated carbocycles. The van der Waals surface area contributed by atoms with Crippen molar-refractivity contribution in [3.8, 4) is 0 Å².